The lowest BCUT2D eigenvalue weighted by atomic mass is 9.93. The molecule has 7 heteroatoms. The van der Waals surface area contributed by atoms with Gasteiger partial charge in [-0.1, -0.05) is 303 Å². The first kappa shape index (κ1) is 69.2. The zero-order chi connectivity index (χ0) is 75.9. The highest BCUT2D eigenvalue weighted by atomic mass is 14.7. The van der Waals surface area contributed by atoms with Gasteiger partial charge in [0.2, 0.25) is 0 Å². The molecule has 14 aromatic carbocycles. The van der Waals surface area contributed by atoms with Gasteiger partial charge in [0, 0.05) is 90.5 Å². The van der Waals surface area contributed by atoms with E-state index in [0.29, 0.717) is 0 Å². The Bertz CT molecular complexity index is 7030. The third-order valence-corrected chi connectivity index (χ3v) is 21.2. The highest BCUT2D eigenvalue weighted by Crippen LogP contribution is 2.42. The number of nitrogens with zero attached hydrogens (tertiary/aromatic N) is 7. The van der Waals surface area contributed by atoms with E-state index in [0.717, 1.165) is 144 Å². The molecule has 7 nitrogen and oxygen atoms in total. The SMILES string of the molecule is c1ccc(-c2ccc3nc(-c4ccccc4)cc(-c4ccc(-c5ccnc6ccccc56)nc4)c3c2)cc1.c1ccc(-c2ccc3nc(-c4ccccc4)cc(-c4ccc(-c5cnc6ccccc6c5)cc4)c3c2)cc1.c1ccc(-c2ccc3nc(-c4ccccc4)cc(-c4cccc(-c5ccnc6ccccc56)c4)c3c2)cc1. The third kappa shape index (κ3) is 14.4. The first-order valence-electron chi connectivity index (χ1n) is 38.4. The minimum atomic E-state index is 0.930. The lowest BCUT2D eigenvalue weighted by Gasteiger charge is -2.14. The molecule has 0 aliphatic rings. The van der Waals surface area contributed by atoms with Crippen LogP contribution in [0.1, 0.15) is 0 Å². The van der Waals surface area contributed by atoms with Gasteiger partial charge in [-0.15, -0.1) is 0 Å². The second kappa shape index (κ2) is 31.3. The zero-order valence-corrected chi connectivity index (χ0v) is 62.1. The molecule has 0 saturated carbocycles. The van der Waals surface area contributed by atoms with E-state index in [1.807, 2.05) is 91.5 Å². The fraction of sp³-hybridized carbons (Fsp3) is 0. The van der Waals surface area contributed by atoms with Crippen LogP contribution >= 0.6 is 0 Å². The Morgan fingerprint density at radius 3 is 0.947 bits per heavy atom. The molecule has 7 heterocycles. The maximum Gasteiger partial charge on any atom is 0.0716 e. The van der Waals surface area contributed by atoms with Crippen molar-refractivity contribution in [3.05, 3.63) is 431 Å². The molecule has 0 aliphatic carbocycles. The van der Waals surface area contributed by atoms with E-state index in [1.54, 1.807) is 0 Å². The minimum Gasteiger partial charge on any atom is -0.256 e. The van der Waals surface area contributed by atoms with E-state index >= 15 is 0 Å². The maximum atomic E-state index is 5.08. The summed E-state index contributed by atoms with van der Waals surface area (Å²) in [5.74, 6) is 0. The predicted octanol–water partition coefficient (Wildman–Crippen LogP) is 27.7. The average molecular weight is 1450 g/mol. The number of hydrogen-bond donors (Lipinski definition) is 0. The van der Waals surface area contributed by atoms with E-state index < -0.39 is 0 Å². The molecule has 0 N–H and O–H groups in total. The molecule has 0 atom stereocenters. The quantitative estimate of drug-likeness (QED) is 0.120. The molecule has 0 radical (unpaired) electrons. The lowest BCUT2D eigenvalue weighted by molar-refractivity contribution is 1.32. The number of rotatable bonds is 12. The molecule has 7 aromatic heterocycles. The largest absolute Gasteiger partial charge is 0.256 e. The van der Waals surface area contributed by atoms with Gasteiger partial charge in [0.05, 0.1) is 55.9 Å². The zero-order valence-electron chi connectivity index (χ0n) is 62.1. The van der Waals surface area contributed by atoms with Crippen LogP contribution in [0.15, 0.2) is 431 Å². The molecule has 0 fully saturated rings. The van der Waals surface area contributed by atoms with Gasteiger partial charge in [-0.2, -0.15) is 0 Å². The molecule has 0 saturated heterocycles. The average Bonchev–Trinajstić information content (AvgIpc) is 0.782. The second-order valence-electron chi connectivity index (χ2n) is 28.3. The Labute approximate surface area is 661 Å². The van der Waals surface area contributed by atoms with Gasteiger partial charge in [0.1, 0.15) is 0 Å². The van der Waals surface area contributed by atoms with Crippen LogP contribution in [-0.2, 0) is 0 Å². The fourth-order valence-corrected chi connectivity index (χ4v) is 15.4. The standard InChI is InChI=1S/2C36H24N2.C35H23N3/c1-3-10-25(11-4-1)27-18-19-35-33(23-27)32(24-36(38-35)26-12-5-2-6-13-26)29-15-9-14-28(22-29)30-20-21-37-34-17-8-7-16-31(30)34;1-3-9-25(10-4-1)29-19-20-35-33(22-29)32(23-36(38-35)28-11-5-2-6-12-28)27-17-15-26(16-18-27)31-21-30-13-7-8-14-34(30)37-24-31;1-3-9-24(10-4-1)26-15-18-34-31(21-26)30(22-35(38-34)25-11-5-2-6-12-25)27-16-17-33(37-23-27)29-19-20-36-32-14-8-7-13-28(29)32/h2*1-24H;1-23H. The van der Waals surface area contributed by atoms with Crippen LogP contribution in [0.4, 0.5) is 0 Å². The van der Waals surface area contributed by atoms with E-state index in [-0.39, 0.29) is 0 Å². The first-order chi connectivity index (χ1) is 56.5. The summed E-state index contributed by atoms with van der Waals surface area (Å²) < 4.78 is 0. The third-order valence-electron chi connectivity index (χ3n) is 21.2. The molecule has 0 unspecified atom stereocenters. The van der Waals surface area contributed by atoms with Crippen molar-refractivity contribution in [3.63, 3.8) is 0 Å². The highest BCUT2D eigenvalue weighted by Gasteiger charge is 2.18. The predicted molar refractivity (Wildman–Crippen MR) is 474 cm³/mol. The van der Waals surface area contributed by atoms with Gasteiger partial charge in [-0.25, -0.2) is 15.0 Å². The molecule has 534 valence electrons. The number of fused-ring (bicyclic) bond motifs is 6. The molecule has 21 aromatic rings. The molecule has 0 bridgehead atoms. The summed E-state index contributed by atoms with van der Waals surface area (Å²) in [5, 5.41) is 6.80. The Balaban J connectivity index is 0.000000115. The summed E-state index contributed by atoms with van der Waals surface area (Å²) >= 11 is 0. The van der Waals surface area contributed by atoms with Crippen molar-refractivity contribution in [1.82, 2.24) is 34.9 Å². The van der Waals surface area contributed by atoms with Gasteiger partial charge in [-0.05, 0) is 181 Å². The molecule has 21 rings (SSSR count). The number of para-hydroxylation sites is 3. The van der Waals surface area contributed by atoms with Crippen LogP contribution < -0.4 is 0 Å². The number of pyridine rings is 7. The van der Waals surface area contributed by atoms with Crippen LogP contribution in [0, 0.1) is 0 Å². The topological polar surface area (TPSA) is 90.2 Å². The molecular formula is C107H71N7. The maximum absolute atomic E-state index is 5.08. The molecule has 0 aliphatic heterocycles. The highest BCUT2D eigenvalue weighted by molar-refractivity contribution is 6.04. The monoisotopic (exact) mass is 1450 g/mol. The van der Waals surface area contributed by atoms with E-state index in [1.165, 1.54) is 55.6 Å². The first-order valence-corrected chi connectivity index (χ1v) is 38.4. The smallest absolute Gasteiger partial charge is 0.0716 e. The van der Waals surface area contributed by atoms with Crippen LogP contribution in [-0.4, -0.2) is 34.9 Å². The Morgan fingerprint density at radius 2 is 0.482 bits per heavy atom. The normalized spacial score (nSPS) is 11.2. The van der Waals surface area contributed by atoms with Gasteiger partial charge >= 0.3 is 0 Å². The van der Waals surface area contributed by atoms with Crippen LogP contribution in [0.25, 0.3) is 199 Å². The Morgan fingerprint density at radius 1 is 0.140 bits per heavy atom. The molecule has 0 amide bonds. The fourth-order valence-electron chi connectivity index (χ4n) is 15.4. The van der Waals surface area contributed by atoms with Crippen molar-refractivity contribution in [1.29, 1.82) is 0 Å². The van der Waals surface area contributed by atoms with Crippen LogP contribution in [0.2, 0.25) is 0 Å². The van der Waals surface area contributed by atoms with Gasteiger partial charge in [0.15, 0.2) is 0 Å². The van der Waals surface area contributed by atoms with Crippen LogP contribution in [0.5, 0.6) is 0 Å². The second-order valence-corrected chi connectivity index (χ2v) is 28.3. The van der Waals surface area contributed by atoms with E-state index in [2.05, 4.69) is 355 Å². The van der Waals surface area contributed by atoms with E-state index in [4.69, 9.17) is 19.9 Å². The lowest BCUT2D eigenvalue weighted by Crippen LogP contribution is -1.92. The van der Waals surface area contributed by atoms with Crippen molar-refractivity contribution in [2.45, 2.75) is 0 Å². The van der Waals surface area contributed by atoms with Crippen molar-refractivity contribution < 1.29 is 0 Å². The number of aromatic nitrogens is 7. The Hall–Kier alpha value is -15.3. The van der Waals surface area contributed by atoms with E-state index in [9.17, 15) is 0 Å². The molecular weight excluding hydrogens is 1380 g/mol. The number of hydrogen-bond acceptors (Lipinski definition) is 7. The molecule has 0 spiro atoms. The Kier molecular flexibility index (Phi) is 19.0. The summed E-state index contributed by atoms with van der Waals surface area (Å²) in [4.78, 5) is 33.8. The minimum absolute atomic E-state index is 0.930. The van der Waals surface area contributed by atoms with Gasteiger partial charge in [-0.3, -0.25) is 19.9 Å². The summed E-state index contributed by atoms with van der Waals surface area (Å²) in [7, 11) is 0. The summed E-state index contributed by atoms with van der Waals surface area (Å²) in [6, 6.07) is 142. The van der Waals surface area contributed by atoms with Crippen molar-refractivity contribution in [2.75, 3.05) is 0 Å². The van der Waals surface area contributed by atoms with Crippen molar-refractivity contribution in [3.8, 4) is 134 Å². The van der Waals surface area contributed by atoms with Crippen molar-refractivity contribution >= 4 is 65.4 Å². The number of benzene rings is 14. The summed E-state index contributed by atoms with van der Waals surface area (Å²) in [5.41, 5.74) is 32.8. The van der Waals surface area contributed by atoms with Gasteiger partial charge < -0.3 is 0 Å². The van der Waals surface area contributed by atoms with Gasteiger partial charge in [0.25, 0.3) is 0 Å². The summed E-state index contributed by atoms with van der Waals surface area (Å²) in [6.45, 7) is 0. The summed E-state index contributed by atoms with van der Waals surface area (Å²) in [6.07, 6.45) is 7.68. The molecule has 114 heavy (non-hydrogen) atoms. The van der Waals surface area contributed by atoms with Crippen LogP contribution in [0.3, 0.4) is 0 Å². The van der Waals surface area contributed by atoms with Crippen molar-refractivity contribution in [2.24, 2.45) is 0 Å².